The van der Waals surface area contributed by atoms with Crippen molar-refractivity contribution in [3.05, 3.63) is 48.0 Å². The van der Waals surface area contributed by atoms with Crippen LogP contribution in [0, 0.1) is 0 Å². The summed E-state index contributed by atoms with van der Waals surface area (Å²) in [6.07, 6.45) is 0. The van der Waals surface area contributed by atoms with Gasteiger partial charge in [0, 0.05) is 0 Å². The van der Waals surface area contributed by atoms with Crippen molar-refractivity contribution in [1.82, 2.24) is 0 Å². The van der Waals surface area contributed by atoms with Gasteiger partial charge in [-0.05, 0) is 22.9 Å². The molecule has 0 aliphatic carbocycles. The monoisotopic (exact) mass is 280 g/mol. The summed E-state index contributed by atoms with van der Waals surface area (Å²) in [5.41, 5.74) is 0.342. The quantitative estimate of drug-likeness (QED) is 0.683. The molecule has 5 nitrogen and oxygen atoms in total. The number of hydrogen-bond donors (Lipinski definition) is 1. The molecule has 0 aliphatic rings. The van der Waals surface area contributed by atoms with Gasteiger partial charge in [-0.3, -0.25) is 4.55 Å². The van der Waals surface area contributed by atoms with E-state index in [1.165, 1.54) is 0 Å². The Kier molecular flexibility index (Phi) is 3.82. The molecule has 0 aliphatic heterocycles. The number of carbonyl (C=O) groups excluding carboxylic acids is 1. The smallest absolute Gasteiger partial charge is 0.338 e. The first-order chi connectivity index (χ1) is 8.96. The number of carbonyl (C=O) groups is 1. The minimum Gasteiger partial charge on any atom is -0.461 e. The number of ether oxygens (including phenoxy) is 1. The zero-order valence-electron chi connectivity index (χ0n) is 9.94. The Morgan fingerprint density at radius 2 is 1.79 bits per heavy atom. The molecular weight excluding hydrogens is 268 g/mol. The molecule has 0 heterocycles. The summed E-state index contributed by atoms with van der Waals surface area (Å²) >= 11 is 0. The van der Waals surface area contributed by atoms with Crippen LogP contribution in [0.3, 0.4) is 0 Å². The molecule has 19 heavy (non-hydrogen) atoms. The van der Waals surface area contributed by atoms with Gasteiger partial charge in [-0.1, -0.05) is 30.3 Å². The molecule has 0 spiro atoms. The Bertz CT molecular complexity index is 706. The maximum absolute atomic E-state index is 11.7. The molecule has 2 aromatic carbocycles. The Labute approximate surface area is 110 Å². The lowest BCUT2D eigenvalue weighted by Gasteiger charge is -2.05. The Morgan fingerprint density at radius 3 is 2.47 bits per heavy atom. The molecule has 0 atom stereocenters. The second kappa shape index (κ2) is 5.38. The molecule has 2 aromatic rings. The van der Waals surface area contributed by atoms with Crippen LogP contribution in [-0.2, 0) is 14.9 Å². The van der Waals surface area contributed by atoms with Crippen molar-refractivity contribution < 1.29 is 22.5 Å². The van der Waals surface area contributed by atoms with Crippen molar-refractivity contribution in [1.29, 1.82) is 0 Å². The highest BCUT2D eigenvalue weighted by Crippen LogP contribution is 2.16. The van der Waals surface area contributed by atoms with Crippen molar-refractivity contribution in [3.63, 3.8) is 0 Å². The van der Waals surface area contributed by atoms with E-state index in [0.717, 1.165) is 10.8 Å². The molecule has 0 saturated carbocycles. The third-order valence-corrected chi connectivity index (χ3v) is 3.24. The van der Waals surface area contributed by atoms with Gasteiger partial charge in [0.05, 0.1) is 5.56 Å². The molecular formula is C13H12O5S. The fourth-order valence-electron chi connectivity index (χ4n) is 1.64. The van der Waals surface area contributed by atoms with Crippen LogP contribution < -0.4 is 0 Å². The number of esters is 1. The summed E-state index contributed by atoms with van der Waals surface area (Å²) in [6, 6.07) is 12.6. The molecule has 0 saturated heterocycles. The minimum absolute atomic E-state index is 0.342. The molecule has 2 rings (SSSR count). The topological polar surface area (TPSA) is 80.7 Å². The van der Waals surface area contributed by atoms with Crippen LogP contribution in [0.4, 0.5) is 0 Å². The van der Waals surface area contributed by atoms with Crippen LogP contribution in [0.1, 0.15) is 10.4 Å². The van der Waals surface area contributed by atoms with Crippen molar-refractivity contribution in [3.8, 4) is 0 Å². The van der Waals surface area contributed by atoms with Crippen LogP contribution in [0.15, 0.2) is 42.5 Å². The number of hydrogen-bond acceptors (Lipinski definition) is 4. The van der Waals surface area contributed by atoms with Crippen molar-refractivity contribution >= 4 is 26.9 Å². The second-order valence-electron chi connectivity index (χ2n) is 3.98. The molecule has 0 radical (unpaired) electrons. The van der Waals surface area contributed by atoms with Gasteiger partial charge in [0.15, 0.2) is 0 Å². The van der Waals surface area contributed by atoms with Gasteiger partial charge in [0.25, 0.3) is 10.1 Å². The molecule has 0 fully saturated rings. The first-order valence-corrected chi connectivity index (χ1v) is 7.18. The first kappa shape index (κ1) is 13.5. The van der Waals surface area contributed by atoms with Crippen LogP contribution in [0.25, 0.3) is 10.8 Å². The van der Waals surface area contributed by atoms with Gasteiger partial charge in [-0.2, -0.15) is 8.42 Å². The van der Waals surface area contributed by atoms with Gasteiger partial charge in [-0.15, -0.1) is 0 Å². The maximum Gasteiger partial charge on any atom is 0.338 e. The molecule has 1 N–H and O–H groups in total. The summed E-state index contributed by atoms with van der Waals surface area (Å²) < 4.78 is 34.3. The molecule has 6 heteroatoms. The van der Waals surface area contributed by atoms with Crippen molar-refractivity contribution in [2.45, 2.75) is 0 Å². The van der Waals surface area contributed by atoms with E-state index in [-0.39, 0.29) is 6.61 Å². The zero-order chi connectivity index (χ0) is 13.9. The third-order valence-electron chi connectivity index (χ3n) is 2.56. The van der Waals surface area contributed by atoms with Gasteiger partial charge in [0.1, 0.15) is 12.4 Å². The average Bonchev–Trinajstić information content (AvgIpc) is 2.36. The van der Waals surface area contributed by atoms with E-state index in [1.807, 2.05) is 24.3 Å². The fraction of sp³-hybridized carbons (Fsp3) is 0.154. The molecule has 0 aromatic heterocycles. The predicted molar refractivity (Wildman–Crippen MR) is 70.6 cm³/mol. The molecule has 100 valence electrons. The minimum atomic E-state index is -4.11. The largest absolute Gasteiger partial charge is 0.461 e. The summed E-state index contributed by atoms with van der Waals surface area (Å²) in [6.45, 7) is -0.371. The summed E-state index contributed by atoms with van der Waals surface area (Å²) in [4.78, 5) is 11.7. The fourth-order valence-corrected chi connectivity index (χ4v) is 1.93. The van der Waals surface area contributed by atoms with Crippen LogP contribution in [0.5, 0.6) is 0 Å². The van der Waals surface area contributed by atoms with Crippen molar-refractivity contribution in [2.24, 2.45) is 0 Å². The van der Waals surface area contributed by atoms with E-state index in [2.05, 4.69) is 0 Å². The highest BCUT2D eigenvalue weighted by molar-refractivity contribution is 7.85. The number of rotatable bonds is 4. The summed E-state index contributed by atoms with van der Waals surface area (Å²) in [5, 5.41) is 1.89. The lowest BCUT2D eigenvalue weighted by Crippen LogP contribution is -2.14. The maximum atomic E-state index is 11.7. The lowest BCUT2D eigenvalue weighted by molar-refractivity contribution is 0.0528. The summed E-state index contributed by atoms with van der Waals surface area (Å²) in [7, 11) is -4.11. The highest BCUT2D eigenvalue weighted by atomic mass is 32.2. The van der Waals surface area contributed by atoms with E-state index in [9.17, 15) is 13.2 Å². The Balaban J connectivity index is 2.09. The normalized spacial score (nSPS) is 11.4. The van der Waals surface area contributed by atoms with Crippen LogP contribution in [-0.4, -0.2) is 31.3 Å². The lowest BCUT2D eigenvalue weighted by atomic mass is 10.1. The van der Waals surface area contributed by atoms with Gasteiger partial charge >= 0.3 is 5.97 Å². The number of fused-ring (bicyclic) bond motifs is 1. The Morgan fingerprint density at radius 1 is 1.11 bits per heavy atom. The zero-order valence-corrected chi connectivity index (χ0v) is 10.8. The van der Waals surface area contributed by atoms with E-state index >= 15 is 0 Å². The first-order valence-electron chi connectivity index (χ1n) is 5.57. The van der Waals surface area contributed by atoms with Gasteiger partial charge < -0.3 is 4.74 Å². The molecule has 0 unspecified atom stereocenters. The standard InChI is InChI=1S/C13H12O5S/c14-13(18-7-8-19(15,16)17)12-6-5-10-3-1-2-4-11(10)9-12/h1-6,9H,7-8H2,(H,15,16,17). The highest BCUT2D eigenvalue weighted by Gasteiger charge is 2.10. The molecule has 0 bridgehead atoms. The van der Waals surface area contributed by atoms with E-state index in [0.29, 0.717) is 5.56 Å². The van der Waals surface area contributed by atoms with Crippen LogP contribution >= 0.6 is 0 Å². The SMILES string of the molecule is O=C(OCCS(=O)(=O)O)c1ccc2ccccc2c1. The van der Waals surface area contributed by atoms with E-state index in [4.69, 9.17) is 9.29 Å². The summed E-state index contributed by atoms with van der Waals surface area (Å²) in [5.74, 6) is -1.22. The van der Waals surface area contributed by atoms with Gasteiger partial charge in [-0.25, -0.2) is 4.79 Å². The second-order valence-corrected chi connectivity index (χ2v) is 5.56. The third kappa shape index (κ3) is 3.77. The predicted octanol–water partition coefficient (Wildman–Crippen LogP) is 1.88. The number of benzene rings is 2. The molecule has 0 amide bonds. The average molecular weight is 280 g/mol. The van der Waals surface area contributed by atoms with E-state index in [1.54, 1.807) is 18.2 Å². The van der Waals surface area contributed by atoms with Crippen molar-refractivity contribution in [2.75, 3.05) is 12.4 Å². The Hall–Kier alpha value is -1.92. The van der Waals surface area contributed by atoms with Gasteiger partial charge in [0.2, 0.25) is 0 Å². The van der Waals surface area contributed by atoms with E-state index < -0.39 is 21.8 Å². The van der Waals surface area contributed by atoms with Crippen LogP contribution in [0.2, 0.25) is 0 Å².